The summed E-state index contributed by atoms with van der Waals surface area (Å²) in [4.78, 5) is 15.2. The highest BCUT2D eigenvalue weighted by atomic mass is 32.2. The summed E-state index contributed by atoms with van der Waals surface area (Å²) in [5, 5.41) is 9.17. The van der Waals surface area contributed by atoms with Crippen LogP contribution in [-0.4, -0.2) is 45.9 Å². The predicted octanol–water partition coefficient (Wildman–Crippen LogP) is 0.777. The first-order valence-corrected chi connectivity index (χ1v) is 8.06. The molecule has 112 valence electrons. The summed E-state index contributed by atoms with van der Waals surface area (Å²) in [6, 6.07) is -1.00. The number of sulfonamides is 1. The molecule has 0 saturated carbocycles. The first-order valence-electron chi connectivity index (χ1n) is 6.62. The largest absolute Gasteiger partial charge is 0.480 e. The Balaban J connectivity index is 2.34. The van der Waals surface area contributed by atoms with Gasteiger partial charge in [-0.3, -0.25) is 4.79 Å². The quantitative estimate of drug-likeness (QED) is 0.887. The summed E-state index contributed by atoms with van der Waals surface area (Å²) < 4.78 is 27.8. The first kappa shape index (κ1) is 15.0. The Labute approximate surface area is 118 Å². The van der Waals surface area contributed by atoms with Crippen molar-refractivity contribution < 1.29 is 18.3 Å². The summed E-state index contributed by atoms with van der Waals surface area (Å²) in [6.07, 6.45) is 3.88. The molecule has 0 aromatic carbocycles. The van der Waals surface area contributed by atoms with Crippen molar-refractivity contribution in [2.75, 3.05) is 6.54 Å². The minimum absolute atomic E-state index is 0.0832. The number of nitrogens with zero attached hydrogens (tertiary/aromatic N) is 3. The van der Waals surface area contributed by atoms with Crippen molar-refractivity contribution in [1.82, 2.24) is 13.9 Å². The lowest BCUT2D eigenvalue weighted by Gasteiger charge is -2.34. The minimum atomic E-state index is -3.85. The summed E-state index contributed by atoms with van der Waals surface area (Å²) in [7, 11) is -3.85. The number of hydrogen-bond donors (Lipinski definition) is 1. The highest BCUT2D eigenvalue weighted by molar-refractivity contribution is 7.89. The zero-order valence-electron chi connectivity index (χ0n) is 11.6. The molecule has 2 unspecified atom stereocenters. The zero-order chi connectivity index (χ0) is 14.9. The van der Waals surface area contributed by atoms with E-state index >= 15 is 0 Å². The van der Waals surface area contributed by atoms with Crippen LogP contribution in [0.5, 0.6) is 0 Å². The van der Waals surface area contributed by atoms with Crippen LogP contribution < -0.4 is 0 Å². The second-order valence-electron chi connectivity index (χ2n) is 5.14. The van der Waals surface area contributed by atoms with Gasteiger partial charge in [0.05, 0.1) is 6.33 Å². The smallest absolute Gasteiger partial charge is 0.322 e. The average Bonchev–Trinajstić information content (AvgIpc) is 2.87. The van der Waals surface area contributed by atoms with Gasteiger partial charge >= 0.3 is 5.97 Å². The molecule has 1 N–H and O–H groups in total. The summed E-state index contributed by atoms with van der Waals surface area (Å²) in [5.41, 5.74) is 0. The van der Waals surface area contributed by atoms with E-state index in [1.54, 1.807) is 4.57 Å². The number of piperidine rings is 1. The van der Waals surface area contributed by atoms with Crippen molar-refractivity contribution in [3.05, 3.63) is 12.5 Å². The molecule has 1 saturated heterocycles. The number of carboxylic acid groups (broad SMARTS) is 1. The number of aromatic nitrogens is 2. The second-order valence-corrected chi connectivity index (χ2v) is 6.98. The molecule has 1 aromatic rings. The Hall–Kier alpha value is -1.41. The number of hydrogen-bond acceptors (Lipinski definition) is 4. The molecule has 7 nitrogen and oxygen atoms in total. The van der Waals surface area contributed by atoms with E-state index in [1.165, 1.54) is 12.5 Å². The number of imidazole rings is 1. The highest BCUT2D eigenvalue weighted by Gasteiger charge is 2.40. The lowest BCUT2D eigenvalue weighted by atomic mass is 9.94. The highest BCUT2D eigenvalue weighted by Crippen LogP contribution is 2.27. The Morgan fingerprint density at radius 2 is 2.25 bits per heavy atom. The molecule has 2 rings (SSSR count). The third kappa shape index (κ3) is 2.71. The van der Waals surface area contributed by atoms with Gasteiger partial charge in [-0.25, -0.2) is 13.4 Å². The number of aryl methyl sites for hydroxylation is 1. The summed E-state index contributed by atoms with van der Waals surface area (Å²) in [6.45, 7) is 4.65. The molecule has 2 heterocycles. The van der Waals surface area contributed by atoms with Gasteiger partial charge in [0, 0.05) is 19.3 Å². The molecular formula is C12H19N3O4S. The van der Waals surface area contributed by atoms with Crippen LogP contribution in [0.25, 0.3) is 0 Å². The Morgan fingerprint density at radius 3 is 2.80 bits per heavy atom. The average molecular weight is 301 g/mol. The molecule has 20 heavy (non-hydrogen) atoms. The molecule has 8 heteroatoms. The van der Waals surface area contributed by atoms with E-state index in [0.717, 1.165) is 4.31 Å². The van der Waals surface area contributed by atoms with Crippen LogP contribution in [0.3, 0.4) is 0 Å². The van der Waals surface area contributed by atoms with Crippen LogP contribution in [0.2, 0.25) is 0 Å². The number of rotatable bonds is 4. The molecule has 0 aliphatic carbocycles. The standard InChI is InChI=1S/C12H19N3O4S/c1-3-14-7-11(13-8-14)20(18,19)15-5-4-9(2)6-10(15)12(16)17/h7-10H,3-6H2,1-2H3,(H,16,17). The fourth-order valence-corrected chi connectivity index (χ4v) is 3.94. The van der Waals surface area contributed by atoms with E-state index in [2.05, 4.69) is 4.98 Å². The van der Waals surface area contributed by atoms with E-state index in [1.807, 2.05) is 13.8 Å². The van der Waals surface area contributed by atoms with Crippen molar-refractivity contribution in [2.24, 2.45) is 5.92 Å². The van der Waals surface area contributed by atoms with Crippen molar-refractivity contribution in [1.29, 1.82) is 0 Å². The van der Waals surface area contributed by atoms with Gasteiger partial charge in [-0.05, 0) is 25.7 Å². The molecule has 2 atom stereocenters. The molecule has 1 fully saturated rings. The minimum Gasteiger partial charge on any atom is -0.480 e. The molecule has 0 amide bonds. The molecule has 1 aromatic heterocycles. The molecule has 0 radical (unpaired) electrons. The third-order valence-electron chi connectivity index (χ3n) is 3.65. The van der Waals surface area contributed by atoms with E-state index in [4.69, 9.17) is 0 Å². The number of carboxylic acids is 1. The van der Waals surface area contributed by atoms with E-state index in [9.17, 15) is 18.3 Å². The van der Waals surface area contributed by atoms with Gasteiger partial charge in [0.1, 0.15) is 6.04 Å². The van der Waals surface area contributed by atoms with Crippen molar-refractivity contribution in [3.8, 4) is 0 Å². The fourth-order valence-electron chi connectivity index (χ4n) is 2.40. The van der Waals surface area contributed by atoms with Crippen LogP contribution in [-0.2, 0) is 21.4 Å². The Bertz CT molecular complexity index is 596. The topological polar surface area (TPSA) is 92.5 Å². The van der Waals surface area contributed by atoms with Crippen molar-refractivity contribution in [3.63, 3.8) is 0 Å². The first-order chi connectivity index (χ1) is 9.36. The van der Waals surface area contributed by atoms with Gasteiger partial charge in [-0.2, -0.15) is 4.31 Å². The lowest BCUT2D eigenvalue weighted by molar-refractivity contribution is -0.143. The summed E-state index contributed by atoms with van der Waals surface area (Å²) >= 11 is 0. The second kappa shape index (κ2) is 5.53. The Morgan fingerprint density at radius 1 is 1.55 bits per heavy atom. The monoisotopic (exact) mass is 301 g/mol. The number of aliphatic carboxylic acids is 1. The van der Waals surface area contributed by atoms with Gasteiger partial charge in [-0.15, -0.1) is 0 Å². The van der Waals surface area contributed by atoms with Crippen LogP contribution in [0.4, 0.5) is 0 Å². The van der Waals surface area contributed by atoms with E-state index < -0.39 is 22.0 Å². The fraction of sp³-hybridized carbons (Fsp3) is 0.667. The van der Waals surface area contributed by atoms with Crippen LogP contribution in [0, 0.1) is 5.92 Å². The van der Waals surface area contributed by atoms with Gasteiger partial charge < -0.3 is 9.67 Å². The van der Waals surface area contributed by atoms with Crippen LogP contribution >= 0.6 is 0 Å². The maximum Gasteiger partial charge on any atom is 0.322 e. The molecule has 1 aliphatic heterocycles. The number of carbonyl (C=O) groups is 1. The SMILES string of the molecule is CCn1cnc(S(=O)(=O)N2CCC(C)CC2C(=O)O)c1. The van der Waals surface area contributed by atoms with Crippen molar-refractivity contribution in [2.45, 2.75) is 44.3 Å². The van der Waals surface area contributed by atoms with Crippen LogP contribution in [0.15, 0.2) is 17.6 Å². The molecular weight excluding hydrogens is 282 g/mol. The molecule has 0 bridgehead atoms. The maximum absolute atomic E-state index is 12.5. The zero-order valence-corrected chi connectivity index (χ0v) is 12.4. The lowest BCUT2D eigenvalue weighted by Crippen LogP contribution is -2.49. The summed E-state index contributed by atoms with van der Waals surface area (Å²) in [5.74, 6) is -0.897. The predicted molar refractivity (Wildman–Crippen MR) is 71.6 cm³/mol. The van der Waals surface area contributed by atoms with Gasteiger partial charge in [0.25, 0.3) is 10.0 Å². The van der Waals surface area contributed by atoms with E-state index in [-0.39, 0.29) is 17.5 Å². The normalized spacial score (nSPS) is 24.7. The van der Waals surface area contributed by atoms with Gasteiger partial charge in [0.2, 0.25) is 0 Å². The van der Waals surface area contributed by atoms with Gasteiger partial charge in [0.15, 0.2) is 5.03 Å². The van der Waals surface area contributed by atoms with Crippen molar-refractivity contribution >= 4 is 16.0 Å². The maximum atomic E-state index is 12.5. The van der Waals surface area contributed by atoms with Crippen LogP contribution in [0.1, 0.15) is 26.7 Å². The van der Waals surface area contributed by atoms with Gasteiger partial charge in [-0.1, -0.05) is 6.92 Å². The van der Waals surface area contributed by atoms with E-state index in [0.29, 0.717) is 19.4 Å². The molecule has 1 aliphatic rings. The third-order valence-corrected chi connectivity index (χ3v) is 5.44. The molecule has 0 spiro atoms. The Kier molecular flexibility index (Phi) is 4.14.